The Balaban J connectivity index is 3.07. The summed E-state index contributed by atoms with van der Waals surface area (Å²) in [6.45, 7) is 0.0692. The number of anilines is 2. The van der Waals surface area contributed by atoms with E-state index in [4.69, 9.17) is 15.6 Å². The van der Waals surface area contributed by atoms with Crippen molar-refractivity contribution in [1.82, 2.24) is 0 Å². The average molecular weight is 288 g/mol. The Hall–Kier alpha value is -1.80. The van der Waals surface area contributed by atoms with Crippen LogP contribution in [0.25, 0.3) is 0 Å². The number of sulfonamides is 1. The van der Waals surface area contributed by atoms with Gasteiger partial charge in [0.1, 0.15) is 0 Å². The lowest BCUT2D eigenvalue weighted by Gasteiger charge is -2.21. The molecule has 1 aromatic carbocycles. The number of nitrogen functional groups attached to an aromatic ring is 1. The van der Waals surface area contributed by atoms with Crippen LogP contribution >= 0.6 is 0 Å². The molecule has 1 rings (SSSR count). The number of hydrogen-bond donors (Lipinski definition) is 2. The molecule has 19 heavy (non-hydrogen) atoms. The Kier molecular flexibility index (Phi) is 4.73. The summed E-state index contributed by atoms with van der Waals surface area (Å²) in [5, 5.41) is 8.81. The van der Waals surface area contributed by atoms with E-state index in [0.29, 0.717) is 0 Å². The Morgan fingerprint density at radius 2 is 2.11 bits per heavy atom. The van der Waals surface area contributed by atoms with Gasteiger partial charge in [0.25, 0.3) is 0 Å². The van der Waals surface area contributed by atoms with Crippen molar-refractivity contribution in [2.45, 2.75) is 0 Å². The molecule has 0 atom stereocenters. The summed E-state index contributed by atoms with van der Waals surface area (Å²) in [4.78, 5) is 10.8. The van der Waals surface area contributed by atoms with Gasteiger partial charge in [-0.2, -0.15) is 0 Å². The largest absolute Gasteiger partial charge is 0.478 e. The molecule has 0 saturated carbocycles. The minimum absolute atomic E-state index is 0.00365. The lowest BCUT2D eigenvalue weighted by Crippen LogP contribution is -2.31. The first kappa shape index (κ1) is 15.3. The van der Waals surface area contributed by atoms with Crippen LogP contribution in [0.3, 0.4) is 0 Å². The summed E-state index contributed by atoms with van der Waals surface area (Å²) in [7, 11) is -0.784. The molecule has 0 aliphatic heterocycles. The Bertz CT molecular complexity index is 570. The second kappa shape index (κ2) is 5.89. The summed E-state index contributed by atoms with van der Waals surface area (Å²) in [6.07, 6.45) is 0. The second-order valence-electron chi connectivity index (χ2n) is 3.86. The molecule has 0 radical (unpaired) electrons. The molecule has 3 N–H and O–H groups in total. The van der Waals surface area contributed by atoms with Crippen LogP contribution in [-0.2, 0) is 14.8 Å². The third-order valence-corrected chi connectivity index (χ3v) is 4.29. The maximum absolute atomic E-state index is 11.9. The Labute approximate surface area is 111 Å². The molecular weight excluding hydrogens is 272 g/mol. The van der Waals surface area contributed by atoms with E-state index < -0.39 is 16.0 Å². The number of methoxy groups -OCH3 is 1. The molecule has 0 heterocycles. The van der Waals surface area contributed by atoms with Crippen molar-refractivity contribution in [3.8, 4) is 0 Å². The highest BCUT2D eigenvalue weighted by Gasteiger charge is 2.20. The minimum atomic E-state index is -3.55. The summed E-state index contributed by atoms with van der Waals surface area (Å²) in [6, 6.07) is 3.89. The van der Waals surface area contributed by atoms with Gasteiger partial charge in [-0.3, -0.25) is 4.31 Å². The van der Waals surface area contributed by atoms with Gasteiger partial charge in [0.2, 0.25) is 10.0 Å². The molecule has 1 aromatic rings. The van der Waals surface area contributed by atoms with Crippen molar-refractivity contribution in [2.24, 2.45) is 0 Å². The van der Waals surface area contributed by atoms with Crippen molar-refractivity contribution in [3.05, 3.63) is 23.8 Å². The van der Waals surface area contributed by atoms with Gasteiger partial charge in [-0.15, -0.1) is 0 Å². The van der Waals surface area contributed by atoms with Crippen molar-refractivity contribution in [2.75, 3.05) is 36.6 Å². The predicted molar refractivity (Wildman–Crippen MR) is 71.9 cm³/mol. The normalized spacial score (nSPS) is 11.3. The van der Waals surface area contributed by atoms with E-state index in [-0.39, 0.29) is 29.3 Å². The molecule has 106 valence electrons. The summed E-state index contributed by atoms with van der Waals surface area (Å²) in [5.74, 6) is -1.30. The first-order valence-electron chi connectivity index (χ1n) is 5.38. The monoisotopic (exact) mass is 288 g/mol. The smallest absolute Gasteiger partial charge is 0.335 e. The number of rotatable bonds is 6. The fraction of sp³-hybridized carbons (Fsp3) is 0.364. The summed E-state index contributed by atoms with van der Waals surface area (Å²) in [5.41, 5.74) is 6.01. The molecule has 0 fully saturated rings. The van der Waals surface area contributed by atoms with Crippen molar-refractivity contribution >= 4 is 27.4 Å². The molecule has 0 aromatic heterocycles. The van der Waals surface area contributed by atoms with Gasteiger partial charge >= 0.3 is 5.97 Å². The van der Waals surface area contributed by atoms with Crippen molar-refractivity contribution in [1.29, 1.82) is 0 Å². The van der Waals surface area contributed by atoms with E-state index >= 15 is 0 Å². The third kappa shape index (κ3) is 3.58. The first-order valence-corrected chi connectivity index (χ1v) is 6.99. The zero-order valence-corrected chi connectivity index (χ0v) is 11.5. The van der Waals surface area contributed by atoms with Crippen LogP contribution in [-0.4, -0.2) is 46.0 Å². The van der Waals surface area contributed by atoms with Gasteiger partial charge in [-0.05, 0) is 18.2 Å². The van der Waals surface area contributed by atoms with Crippen LogP contribution in [0, 0.1) is 0 Å². The van der Waals surface area contributed by atoms with Gasteiger partial charge in [0.15, 0.2) is 0 Å². The zero-order valence-electron chi connectivity index (χ0n) is 10.7. The predicted octanol–water partition coefficient (Wildman–Crippen LogP) is 0.379. The van der Waals surface area contributed by atoms with Crippen molar-refractivity contribution < 1.29 is 23.1 Å². The molecule has 0 aliphatic carbocycles. The standard InChI is InChI=1S/C11H16N2O5S/c1-13(19(16,17)6-5-18-2)10-4-3-8(11(14)15)7-9(10)12/h3-4,7H,5-6,12H2,1-2H3,(H,14,15). The molecule has 7 nitrogen and oxygen atoms in total. The number of carboxylic acid groups (broad SMARTS) is 1. The summed E-state index contributed by atoms with van der Waals surface area (Å²) < 4.78 is 29.6. The number of ether oxygens (including phenoxy) is 1. The molecular formula is C11H16N2O5S. The van der Waals surface area contributed by atoms with Gasteiger partial charge in [-0.25, -0.2) is 13.2 Å². The van der Waals surface area contributed by atoms with Crippen molar-refractivity contribution in [3.63, 3.8) is 0 Å². The number of hydrogen-bond acceptors (Lipinski definition) is 5. The highest BCUT2D eigenvalue weighted by Crippen LogP contribution is 2.25. The first-order chi connectivity index (χ1) is 8.79. The van der Waals surface area contributed by atoms with E-state index in [1.807, 2.05) is 0 Å². The third-order valence-electron chi connectivity index (χ3n) is 2.58. The van der Waals surface area contributed by atoms with E-state index in [9.17, 15) is 13.2 Å². The number of aromatic carboxylic acids is 1. The number of benzene rings is 1. The Morgan fingerprint density at radius 3 is 2.58 bits per heavy atom. The van der Waals surface area contributed by atoms with Crippen LogP contribution in [0.2, 0.25) is 0 Å². The van der Waals surface area contributed by atoms with Crippen LogP contribution in [0.4, 0.5) is 11.4 Å². The number of carboxylic acids is 1. The van der Waals surface area contributed by atoms with Gasteiger partial charge < -0.3 is 15.6 Å². The number of nitrogens with two attached hydrogens (primary N) is 1. The van der Waals surface area contributed by atoms with Gasteiger partial charge in [0, 0.05) is 14.2 Å². The Morgan fingerprint density at radius 1 is 1.47 bits per heavy atom. The molecule has 0 unspecified atom stereocenters. The highest BCUT2D eigenvalue weighted by atomic mass is 32.2. The van der Waals surface area contributed by atoms with Crippen LogP contribution in [0.15, 0.2) is 18.2 Å². The van der Waals surface area contributed by atoms with E-state index in [0.717, 1.165) is 4.31 Å². The quantitative estimate of drug-likeness (QED) is 0.732. The molecule has 0 aliphatic rings. The highest BCUT2D eigenvalue weighted by molar-refractivity contribution is 7.92. The fourth-order valence-corrected chi connectivity index (χ4v) is 2.57. The molecule has 0 bridgehead atoms. The SMILES string of the molecule is COCCS(=O)(=O)N(C)c1ccc(C(=O)O)cc1N. The summed E-state index contributed by atoms with van der Waals surface area (Å²) >= 11 is 0. The fourth-order valence-electron chi connectivity index (χ4n) is 1.45. The molecule has 0 spiro atoms. The van der Waals surface area contributed by atoms with E-state index in [1.54, 1.807) is 0 Å². The zero-order chi connectivity index (χ0) is 14.6. The maximum atomic E-state index is 11.9. The number of nitrogens with zero attached hydrogens (tertiary/aromatic N) is 1. The van der Waals surface area contributed by atoms with Gasteiger partial charge in [0.05, 0.1) is 29.3 Å². The van der Waals surface area contributed by atoms with Crippen LogP contribution in [0.5, 0.6) is 0 Å². The molecule has 0 amide bonds. The maximum Gasteiger partial charge on any atom is 0.335 e. The van der Waals surface area contributed by atoms with Crippen LogP contribution < -0.4 is 10.0 Å². The topological polar surface area (TPSA) is 110 Å². The lowest BCUT2D eigenvalue weighted by molar-refractivity contribution is 0.0697. The lowest BCUT2D eigenvalue weighted by atomic mass is 10.2. The van der Waals surface area contributed by atoms with E-state index in [1.165, 1.54) is 32.4 Å². The second-order valence-corrected chi connectivity index (χ2v) is 5.97. The van der Waals surface area contributed by atoms with Crippen LogP contribution in [0.1, 0.15) is 10.4 Å². The minimum Gasteiger partial charge on any atom is -0.478 e. The molecule has 8 heteroatoms. The van der Waals surface area contributed by atoms with E-state index in [2.05, 4.69) is 0 Å². The van der Waals surface area contributed by atoms with Gasteiger partial charge in [-0.1, -0.05) is 0 Å². The average Bonchev–Trinajstić information content (AvgIpc) is 2.35. The number of carbonyl (C=O) groups is 1. The molecule has 0 saturated heterocycles.